The van der Waals surface area contributed by atoms with Crippen LogP contribution in [0.3, 0.4) is 0 Å². The van der Waals surface area contributed by atoms with Gasteiger partial charge in [0.1, 0.15) is 0 Å². The first kappa shape index (κ1) is 24.8. The van der Waals surface area contributed by atoms with Crippen LogP contribution in [0.25, 0.3) is 82.4 Å². The standard InChI is InChI=1S/C56H38N2/c1-4-12-39(13-5-1)41-22-29-49(30-23-41)57(50-31-24-42(25-32-50)40-14-6-2-7-15-40)51-33-26-45-36-44(20-21-46(45)37-51)47-28-34-53-54-35-27-43-16-10-11-19-52(43)56(54)58(55(53)38-47)48-17-8-3-9-18-48/h1-38H/i1D,2D,4D,5D,6D,7D,12D,13D,14D,15D. The van der Waals surface area contributed by atoms with Crippen molar-refractivity contribution in [3.63, 3.8) is 0 Å². The topological polar surface area (TPSA) is 8.17 Å². The molecular weight excluding hydrogens is 701 g/mol. The summed E-state index contributed by atoms with van der Waals surface area (Å²) in [6, 6.07) is 53.3. The van der Waals surface area contributed by atoms with Crippen molar-refractivity contribution in [1.82, 2.24) is 4.57 Å². The number of fused-ring (bicyclic) bond motifs is 6. The zero-order chi connectivity index (χ0) is 47.1. The maximum absolute atomic E-state index is 8.57. The van der Waals surface area contributed by atoms with Crippen LogP contribution in [0, 0.1) is 0 Å². The van der Waals surface area contributed by atoms with Gasteiger partial charge in [-0.05, 0) is 110 Å². The third-order valence-corrected chi connectivity index (χ3v) is 10.9. The van der Waals surface area contributed by atoms with Crippen LogP contribution < -0.4 is 4.90 Å². The van der Waals surface area contributed by atoms with Crippen LogP contribution in [0.4, 0.5) is 17.1 Å². The number of hydrogen-bond acceptors (Lipinski definition) is 1. The summed E-state index contributed by atoms with van der Waals surface area (Å²) in [5.41, 5.74) is 8.86. The Morgan fingerprint density at radius 2 is 0.862 bits per heavy atom. The second-order valence-electron chi connectivity index (χ2n) is 14.3. The fourth-order valence-corrected chi connectivity index (χ4v) is 8.15. The monoisotopic (exact) mass is 748 g/mol. The highest BCUT2D eigenvalue weighted by molar-refractivity contribution is 6.19. The first-order valence-electron chi connectivity index (χ1n) is 24.1. The van der Waals surface area contributed by atoms with Crippen LogP contribution in [-0.4, -0.2) is 4.57 Å². The summed E-state index contributed by atoms with van der Waals surface area (Å²) in [4.78, 5) is 2.02. The summed E-state index contributed by atoms with van der Waals surface area (Å²) in [6.45, 7) is 0. The highest BCUT2D eigenvalue weighted by atomic mass is 15.1. The zero-order valence-electron chi connectivity index (χ0n) is 41.1. The van der Waals surface area contributed by atoms with Gasteiger partial charge >= 0.3 is 0 Å². The quantitative estimate of drug-likeness (QED) is 0.158. The number of anilines is 3. The molecule has 58 heavy (non-hydrogen) atoms. The Kier molecular flexibility index (Phi) is 6.02. The fourth-order valence-electron chi connectivity index (χ4n) is 8.15. The molecule has 11 rings (SSSR count). The SMILES string of the molecule is [2H]c1c([2H])c([2H])c(-c2ccc(N(c3ccc(-c4c([2H])c([2H])c([2H])c([2H])c4[2H])cc3)c3ccc4cc(-c5ccc6c7ccc8ccccc8c7n(-c7ccccc7)c6c5)ccc4c3)cc2)c([2H])c1[2H]. The van der Waals surface area contributed by atoms with Crippen molar-refractivity contribution in [2.75, 3.05) is 4.90 Å². The van der Waals surface area contributed by atoms with Gasteiger partial charge in [-0.15, -0.1) is 0 Å². The number of rotatable bonds is 7. The fraction of sp³-hybridized carbons (Fsp3) is 0. The molecule has 0 saturated heterocycles. The van der Waals surface area contributed by atoms with Crippen LogP contribution in [0.2, 0.25) is 0 Å². The minimum Gasteiger partial charge on any atom is -0.310 e. The molecule has 0 fully saturated rings. The summed E-state index contributed by atoms with van der Waals surface area (Å²) in [7, 11) is 0. The van der Waals surface area contributed by atoms with E-state index < -0.39 is 36.3 Å². The van der Waals surface area contributed by atoms with Gasteiger partial charge in [-0.25, -0.2) is 0 Å². The lowest BCUT2D eigenvalue weighted by Crippen LogP contribution is -2.09. The maximum Gasteiger partial charge on any atom is 0.0629 e. The lowest BCUT2D eigenvalue weighted by Gasteiger charge is -2.26. The molecule has 0 aliphatic heterocycles. The van der Waals surface area contributed by atoms with Crippen LogP contribution in [-0.2, 0) is 0 Å². The van der Waals surface area contributed by atoms with Crippen molar-refractivity contribution >= 4 is 60.4 Å². The normalized spacial score (nSPS) is 13.9. The van der Waals surface area contributed by atoms with E-state index in [9.17, 15) is 0 Å². The van der Waals surface area contributed by atoms with Crippen molar-refractivity contribution in [1.29, 1.82) is 0 Å². The van der Waals surface area contributed by atoms with E-state index >= 15 is 0 Å². The molecule has 0 aliphatic carbocycles. The Labute approximate surface area is 352 Å². The molecule has 272 valence electrons. The van der Waals surface area contributed by atoms with E-state index in [0.717, 1.165) is 38.8 Å². The maximum atomic E-state index is 8.57. The number of nitrogens with zero attached hydrogens (tertiary/aromatic N) is 2. The van der Waals surface area contributed by atoms with E-state index in [1.807, 2.05) is 41.3 Å². The second-order valence-corrected chi connectivity index (χ2v) is 14.3. The summed E-state index contributed by atoms with van der Waals surface area (Å²) in [5.74, 6) is 0. The molecule has 0 bridgehead atoms. The van der Waals surface area contributed by atoms with Crippen LogP contribution in [0.5, 0.6) is 0 Å². The van der Waals surface area contributed by atoms with Gasteiger partial charge in [-0.3, -0.25) is 0 Å². The molecule has 0 spiro atoms. The molecule has 0 amide bonds. The number of hydrogen-bond donors (Lipinski definition) is 0. The summed E-state index contributed by atoms with van der Waals surface area (Å²) in [5, 5.41) is 6.74. The lowest BCUT2D eigenvalue weighted by molar-refractivity contribution is 1.19. The van der Waals surface area contributed by atoms with Gasteiger partial charge in [0.25, 0.3) is 0 Å². The average Bonchev–Trinajstić information content (AvgIpc) is 3.71. The second kappa shape index (κ2) is 14.1. The first-order valence-corrected chi connectivity index (χ1v) is 19.1. The summed E-state index contributed by atoms with van der Waals surface area (Å²) >= 11 is 0. The Morgan fingerprint density at radius 1 is 0.345 bits per heavy atom. The van der Waals surface area contributed by atoms with Crippen molar-refractivity contribution in [2.45, 2.75) is 0 Å². The number of aromatic nitrogens is 1. The highest BCUT2D eigenvalue weighted by Gasteiger charge is 2.17. The summed E-state index contributed by atoms with van der Waals surface area (Å²) < 4.78 is 85.7. The molecule has 10 aromatic carbocycles. The molecule has 0 atom stereocenters. The first-order chi connectivity index (χ1) is 32.9. The van der Waals surface area contributed by atoms with Gasteiger partial charge in [0, 0.05) is 38.9 Å². The highest BCUT2D eigenvalue weighted by Crippen LogP contribution is 2.41. The third-order valence-electron chi connectivity index (χ3n) is 10.9. The molecule has 0 saturated carbocycles. The smallest absolute Gasteiger partial charge is 0.0629 e. The van der Waals surface area contributed by atoms with Crippen molar-refractivity contribution in [3.8, 4) is 39.1 Å². The van der Waals surface area contributed by atoms with E-state index in [0.29, 0.717) is 22.5 Å². The van der Waals surface area contributed by atoms with Gasteiger partial charge in [0.15, 0.2) is 0 Å². The van der Waals surface area contributed by atoms with Crippen molar-refractivity contribution < 1.29 is 13.7 Å². The van der Waals surface area contributed by atoms with E-state index in [1.54, 1.807) is 24.3 Å². The molecule has 2 heteroatoms. The third kappa shape index (κ3) is 5.91. The van der Waals surface area contributed by atoms with E-state index in [1.165, 1.54) is 27.1 Å². The molecule has 11 aromatic rings. The molecule has 2 nitrogen and oxygen atoms in total. The van der Waals surface area contributed by atoms with Gasteiger partial charge < -0.3 is 9.47 Å². The van der Waals surface area contributed by atoms with E-state index in [2.05, 4.69) is 114 Å². The van der Waals surface area contributed by atoms with Crippen LogP contribution in [0.15, 0.2) is 230 Å². The van der Waals surface area contributed by atoms with Crippen molar-refractivity contribution in [2.24, 2.45) is 0 Å². The van der Waals surface area contributed by atoms with Crippen LogP contribution >= 0.6 is 0 Å². The largest absolute Gasteiger partial charge is 0.310 e. The molecule has 0 unspecified atom stereocenters. The van der Waals surface area contributed by atoms with E-state index in [-0.39, 0.29) is 35.3 Å². The number of benzene rings is 10. The minimum atomic E-state index is -0.455. The number of para-hydroxylation sites is 1. The Bertz CT molecular complexity index is 3680. The van der Waals surface area contributed by atoms with Gasteiger partial charge in [-0.2, -0.15) is 0 Å². The minimum absolute atomic E-state index is 0.104. The molecule has 0 radical (unpaired) electrons. The van der Waals surface area contributed by atoms with Crippen molar-refractivity contribution in [3.05, 3.63) is 230 Å². The Balaban J connectivity index is 1.02. The zero-order valence-corrected chi connectivity index (χ0v) is 31.1. The predicted octanol–water partition coefficient (Wildman–Crippen LogP) is 15.6. The molecule has 1 heterocycles. The predicted molar refractivity (Wildman–Crippen MR) is 247 cm³/mol. The van der Waals surface area contributed by atoms with Gasteiger partial charge in [0.2, 0.25) is 0 Å². The molecular formula is C56H38N2. The lowest BCUT2D eigenvalue weighted by atomic mass is 9.99. The molecule has 0 N–H and O–H groups in total. The van der Waals surface area contributed by atoms with Gasteiger partial charge in [0.05, 0.1) is 24.7 Å². The average molecular weight is 749 g/mol. The summed E-state index contributed by atoms with van der Waals surface area (Å²) in [6.07, 6.45) is 0. The van der Waals surface area contributed by atoms with Crippen LogP contribution in [0.1, 0.15) is 13.7 Å². The Hall–Kier alpha value is -7.68. The van der Waals surface area contributed by atoms with Gasteiger partial charge in [-0.1, -0.05) is 170 Å². The molecule has 1 aromatic heterocycles. The molecule has 0 aliphatic rings. The Morgan fingerprint density at radius 3 is 1.55 bits per heavy atom. The van der Waals surface area contributed by atoms with E-state index in [4.69, 9.17) is 13.7 Å².